The maximum Gasteiger partial charge on any atom is 0.167 e. The van der Waals surface area contributed by atoms with Gasteiger partial charge in [0.2, 0.25) is 0 Å². The van der Waals surface area contributed by atoms with Gasteiger partial charge in [0.25, 0.3) is 0 Å². The predicted octanol–water partition coefficient (Wildman–Crippen LogP) is 2.52. The Hall–Kier alpha value is -2.17. The van der Waals surface area contributed by atoms with Crippen LogP contribution in [0.2, 0.25) is 0 Å². The highest BCUT2D eigenvalue weighted by Gasteiger charge is 2.05. The van der Waals surface area contributed by atoms with E-state index >= 15 is 0 Å². The second-order valence-corrected chi connectivity index (χ2v) is 3.42. The monoisotopic (exact) mass is 236 g/mol. The van der Waals surface area contributed by atoms with Crippen LogP contribution in [0.3, 0.4) is 0 Å². The summed E-state index contributed by atoms with van der Waals surface area (Å²) in [6, 6.07) is 8.20. The van der Waals surface area contributed by atoms with E-state index in [2.05, 4.69) is 4.98 Å². The summed E-state index contributed by atoms with van der Waals surface area (Å²) < 4.78 is 31.0. The molecular weight excluding hydrogens is 226 g/mol. The molecular formula is C12H10F2N2O. The number of hydrogen-bond donors (Lipinski definition) is 1. The first kappa shape index (κ1) is 11.3. The third kappa shape index (κ3) is 2.90. The van der Waals surface area contributed by atoms with Crippen LogP contribution in [0, 0.1) is 11.6 Å². The molecule has 2 N–H and O–H groups in total. The minimum absolute atomic E-state index is 0.0179. The van der Waals surface area contributed by atoms with Crippen molar-refractivity contribution in [1.82, 2.24) is 4.98 Å². The Labute approximate surface area is 96.9 Å². The largest absolute Gasteiger partial charge is 0.484 e. The SMILES string of the molecule is Nc1cccc(COc2ccc(F)cc2F)n1. The number of anilines is 1. The molecule has 0 amide bonds. The van der Waals surface area contributed by atoms with Gasteiger partial charge < -0.3 is 10.5 Å². The second kappa shape index (κ2) is 4.78. The fraction of sp³-hybridized carbons (Fsp3) is 0.0833. The van der Waals surface area contributed by atoms with E-state index in [-0.39, 0.29) is 12.4 Å². The van der Waals surface area contributed by atoms with Crippen LogP contribution >= 0.6 is 0 Å². The molecule has 0 saturated carbocycles. The zero-order valence-electron chi connectivity index (χ0n) is 8.86. The van der Waals surface area contributed by atoms with Crippen molar-refractivity contribution in [1.29, 1.82) is 0 Å². The molecule has 5 heteroatoms. The Morgan fingerprint density at radius 2 is 2.00 bits per heavy atom. The molecule has 0 aliphatic rings. The first-order valence-electron chi connectivity index (χ1n) is 4.94. The number of nitrogens with two attached hydrogens (primary N) is 1. The topological polar surface area (TPSA) is 48.1 Å². The summed E-state index contributed by atoms with van der Waals surface area (Å²) in [5, 5.41) is 0. The third-order valence-electron chi connectivity index (χ3n) is 2.10. The van der Waals surface area contributed by atoms with Crippen molar-refractivity contribution in [2.45, 2.75) is 6.61 Å². The predicted molar refractivity (Wildman–Crippen MR) is 59.3 cm³/mol. The fourth-order valence-corrected chi connectivity index (χ4v) is 1.32. The fourth-order valence-electron chi connectivity index (χ4n) is 1.32. The lowest BCUT2D eigenvalue weighted by molar-refractivity contribution is 0.285. The van der Waals surface area contributed by atoms with Crippen molar-refractivity contribution in [2.75, 3.05) is 5.73 Å². The van der Waals surface area contributed by atoms with Crippen molar-refractivity contribution >= 4 is 5.82 Å². The molecule has 2 aromatic rings. The average Bonchev–Trinajstić information content (AvgIpc) is 2.28. The van der Waals surface area contributed by atoms with Crippen molar-refractivity contribution < 1.29 is 13.5 Å². The van der Waals surface area contributed by atoms with Gasteiger partial charge in [-0.3, -0.25) is 0 Å². The van der Waals surface area contributed by atoms with Gasteiger partial charge in [0, 0.05) is 6.07 Å². The highest BCUT2D eigenvalue weighted by molar-refractivity contribution is 5.29. The number of nitrogens with zero attached hydrogens (tertiary/aromatic N) is 1. The lowest BCUT2D eigenvalue weighted by Crippen LogP contribution is -2.01. The van der Waals surface area contributed by atoms with Gasteiger partial charge in [0.1, 0.15) is 18.2 Å². The molecule has 0 atom stereocenters. The third-order valence-corrected chi connectivity index (χ3v) is 2.10. The van der Waals surface area contributed by atoms with Gasteiger partial charge in [-0.2, -0.15) is 0 Å². The molecule has 1 aromatic heterocycles. The Morgan fingerprint density at radius 3 is 2.71 bits per heavy atom. The zero-order valence-corrected chi connectivity index (χ0v) is 8.86. The van der Waals surface area contributed by atoms with E-state index in [0.717, 1.165) is 12.1 Å². The molecule has 1 heterocycles. The number of hydrogen-bond acceptors (Lipinski definition) is 3. The van der Waals surface area contributed by atoms with E-state index in [9.17, 15) is 8.78 Å². The molecule has 1 aromatic carbocycles. The van der Waals surface area contributed by atoms with Gasteiger partial charge in [-0.15, -0.1) is 0 Å². The molecule has 2 rings (SSSR count). The van der Waals surface area contributed by atoms with E-state index in [4.69, 9.17) is 10.5 Å². The number of rotatable bonds is 3. The lowest BCUT2D eigenvalue weighted by Gasteiger charge is -2.06. The van der Waals surface area contributed by atoms with E-state index in [0.29, 0.717) is 11.5 Å². The highest BCUT2D eigenvalue weighted by Crippen LogP contribution is 2.18. The second-order valence-electron chi connectivity index (χ2n) is 3.42. The molecule has 3 nitrogen and oxygen atoms in total. The van der Waals surface area contributed by atoms with E-state index in [1.165, 1.54) is 6.07 Å². The van der Waals surface area contributed by atoms with E-state index < -0.39 is 11.6 Å². The van der Waals surface area contributed by atoms with Crippen LogP contribution in [0.1, 0.15) is 5.69 Å². The summed E-state index contributed by atoms with van der Waals surface area (Å²) in [5.74, 6) is -1.04. The molecule has 0 fully saturated rings. The molecule has 88 valence electrons. The minimum atomic E-state index is -0.742. The van der Waals surface area contributed by atoms with Gasteiger partial charge in [-0.05, 0) is 24.3 Å². The summed E-state index contributed by atoms with van der Waals surface area (Å²) in [6.45, 7) is 0.0770. The van der Waals surface area contributed by atoms with Gasteiger partial charge >= 0.3 is 0 Å². The number of halogens is 2. The van der Waals surface area contributed by atoms with Crippen LogP contribution in [0.25, 0.3) is 0 Å². The van der Waals surface area contributed by atoms with Crippen molar-refractivity contribution in [2.24, 2.45) is 0 Å². The summed E-state index contributed by atoms with van der Waals surface area (Å²) in [5.41, 5.74) is 6.06. The first-order valence-corrected chi connectivity index (χ1v) is 4.94. The molecule has 0 saturated heterocycles. The normalized spacial score (nSPS) is 10.2. The van der Waals surface area contributed by atoms with Gasteiger partial charge in [0.05, 0.1) is 5.69 Å². The van der Waals surface area contributed by atoms with Gasteiger partial charge in [-0.25, -0.2) is 13.8 Å². The minimum Gasteiger partial charge on any atom is -0.484 e. The van der Waals surface area contributed by atoms with Crippen LogP contribution in [0.4, 0.5) is 14.6 Å². The summed E-state index contributed by atoms with van der Waals surface area (Å²) in [6.07, 6.45) is 0. The molecule has 0 aliphatic carbocycles. The van der Waals surface area contributed by atoms with Crippen molar-refractivity contribution in [3.63, 3.8) is 0 Å². The summed E-state index contributed by atoms with van der Waals surface area (Å²) >= 11 is 0. The lowest BCUT2D eigenvalue weighted by atomic mass is 10.3. The molecule has 0 spiro atoms. The summed E-state index contributed by atoms with van der Waals surface area (Å²) in [4.78, 5) is 3.99. The highest BCUT2D eigenvalue weighted by atomic mass is 19.1. The Morgan fingerprint density at radius 1 is 1.18 bits per heavy atom. The van der Waals surface area contributed by atoms with Gasteiger partial charge in [-0.1, -0.05) is 6.07 Å². The molecule has 0 aliphatic heterocycles. The first-order chi connectivity index (χ1) is 8.15. The van der Waals surface area contributed by atoms with E-state index in [1.54, 1.807) is 18.2 Å². The van der Waals surface area contributed by atoms with Crippen LogP contribution in [0.5, 0.6) is 5.75 Å². The number of ether oxygens (including phenoxy) is 1. The maximum atomic E-state index is 13.2. The number of pyridine rings is 1. The quantitative estimate of drug-likeness (QED) is 0.890. The van der Waals surface area contributed by atoms with Crippen LogP contribution < -0.4 is 10.5 Å². The molecule has 17 heavy (non-hydrogen) atoms. The molecule has 0 bridgehead atoms. The molecule has 0 radical (unpaired) electrons. The number of aromatic nitrogens is 1. The van der Waals surface area contributed by atoms with E-state index in [1.807, 2.05) is 0 Å². The van der Waals surface area contributed by atoms with Crippen molar-refractivity contribution in [3.8, 4) is 5.75 Å². The summed E-state index contributed by atoms with van der Waals surface area (Å²) in [7, 11) is 0. The average molecular weight is 236 g/mol. The van der Waals surface area contributed by atoms with Crippen LogP contribution in [0.15, 0.2) is 36.4 Å². The van der Waals surface area contributed by atoms with Crippen LogP contribution in [-0.4, -0.2) is 4.98 Å². The van der Waals surface area contributed by atoms with Crippen LogP contribution in [-0.2, 0) is 6.61 Å². The Bertz CT molecular complexity index is 532. The maximum absolute atomic E-state index is 13.2. The number of benzene rings is 1. The molecule has 0 unspecified atom stereocenters. The van der Waals surface area contributed by atoms with Gasteiger partial charge in [0.15, 0.2) is 11.6 Å². The number of nitrogen functional groups attached to an aromatic ring is 1. The smallest absolute Gasteiger partial charge is 0.167 e. The Kier molecular flexibility index (Phi) is 3.18. The zero-order chi connectivity index (χ0) is 12.3. The Balaban J connectivity index is 2.07. The van der Waals surface area contributed by atoms with Crippen molar-refractivity contribution in [3.05, 3.63) is 53.7 Å². The standard InChI is InChI=1S/C12H10F2N2O/c13-8-4-5-11(10(14)6-8)17-7-9-2-1-3-12(15)16-9/h1-6H,7H2,(H2,15,16).